The van der Waals surface area contributed by atoms with E-state index in [1.54, 1.807) is 4.68 Å². The van der Waals surface area contributed by atoms with Crippen LogP contribution >= 0.6 is 0 Å². The summed E-state index contributed by atoms with van der Waals surface area (Å²) in [5, 5.41) is 16.0. The lowest BCUT2D eigenvalue weighted by Crippen LogP contribution is -2.38. The largest absolute Gasteiger partial charge is 0.366 e. The van der Waals surface area contributed by atoms with Crippen molar-refractivity contribution in [3.63, 3.8) is 0 Å². The number of rotatable bonds is 4. The Labute approximate surface area is 162 Å². The van der Waals surface area contributed by atoms with Gasteiger partial charge in [0.25, 0.3) is 0 Å². The van der Waals surface area contributed by atoms with Gasteiger partial charge in [0.05, 0.1) is 23.8 Å². The van der Waals surface area contributed by atoms with Crippen LogP contribution in [0.4, 0.5) is 5.82 Å². The van der Waals surface area contributed by atoms with Crippen molar-refractivity contribution in [2.45, 2.75) is 18.9 Å². The monoisotopic (exact) mass is 374 g/mol. The van der Waals surface area contributed by atoms with Gasteiger partial charge >= 0.3 is 0 Å². The highest BCUT2D eigenvalue weighted by Crippen LogP contribution is 2.23. The summed E-state index contributed by atoms with van der Waals surface area (Å²) in [6.45, 7) is 2.07. The van der Waals surface area contributed by atoms with Gasteiger partial charge in [-0.3, -0.25) is 4.68 Å². The van der Waals surface area contributed by atoms with E-state index in [9.17, 15) is 0 Å². The zero-order valence-corrected chi connectivity index (χ0v) is 15.7. The normalized spacial score (nSPS) is 17.1. The molecule has 0 bridgehead atoms. The van der Waals surface area contributed by atoms with Gasteiger partial charge in [0.15, 0.2) is 5.65 Å². The van der Waals surface area contributed by atoms with Gasteiger partial charge in [-0.1, -0.05) is 6.07 Å². The summed E-state index contributed by atoms with van der Waals surface area (Å²) in [6, 6.07) is 10.4. The second kappa shape index (κ2) is 7.05. The molecule has 0 aliphatic carbocycles. The first kappa shape index (κ1) is 16.9. The van der Waals surface area contributed by atoms with E-state index >= 15 is 0 Å². The number of nitrogens with one attached hydrogen (secondary N) is 2. The number of pyridine rings is 1. The molecule has 0 spiro atoms. The van der Waals surface area contributed by atoms with Crippen LogP contribution in [0.25, 0.3) is 28.3 Å². The lowest BCUT2D eigenvalue weighted by atomic mass is 10.1. The Bertz CT molecular complexity index is 1110. The Balaban J connectivity index is 1.49. The molecule has 5 rings (SSSR count). The van der Waals surface area contributed by atoms with E-state index in [0.717, 1.165) is 53.6 Å². The molecule has 2 N–H and O–H groups in total. The molecule has 0 aromatic carbocycles. The predicted octanol–water partition coefficient (Wildman–Crippen LogP) is 2.36. The lowest BCUT2D eigenvalue weighted by molar-refractivity contribution is 0.479. The number of anilines is 1. The van der Waals surface area contributed by atoms with Crippen molar-refractivity contribution in [3.8, 4) is 22.6 Å². The number of aromatic nitrogens is 6. The van der Waals surface area contributed by atoms with Gasteiger partial charge in [0.2, 0.25) is 0 Å². The van der Waals surface area contributed by atoms with Crippen LogP contribution in [0.3, 0.4) is 0 Å². The van der Waals surface area contributed by atoms with Gasteiger partial charge in [0, 0.05) is 31.4 Å². The highest BCUT2D eigenvalue weighted by molar-refractivity contribution is 5.64. The summed E-state index contributed by atoms with van der Waals surface area (Å²) >= 11 is 0. The molecule has 0 radical (unpaired) electrons. The molecule has 1 fully saturated rings. The minimum Gasteiger partial charge on any atom is -0.366 e. The lowest BCUT2D eigenvalue weighted by Gasteiger charge is -2.24. The van der Waals surface area contributed by atoms with Crippen LogP contribution < -0.4 is 10.6 Å². The minimum atomic E-state index is 0.411. The maximum Gasteiger partial charge on any atom is 0.154 e. The number of nitrogens with zero attached hydrogens (tertiary/aromatic N) is 6. The number of fused-ring (bicyclic) bond motifs is 1. The van der Waals surface area contributed by atoms with Crippen LogP contribution in [0.15, 0.2) is 48.9 Å². The number of aryl methyl sites for hydroxylation is 1. The van der Waals surface area contributed by atoms with Crippen molar-refractivity contribution < 1.29 is 0 Å². The van der Waals surface area contributed by atoms with Crippen LogP contribution in [-0.4, -0.2) is 48.5 Å². The molecule has 1 saturated heterocycles. The Hall–Kier alpha value is -3.26. The van der Waals surface area contributed by atoms with E-state index in [1.807, 2.05) is 60.5 Å². The molecule has 8 nitrogen and oxygen atoms in total. The summed E-state index contributed by atoms with van der Waals surface area (Å²) in [6.07, 6.45) is 7.93. The molecule has 0 saturated carbocycles. The zero-order chi connectivity index (χ0) is 18.9. The molecular formula is C20H22N8. The van der Waals surface area contributed by atoms with E-state index in [1.165, 1.54) is 6.42 Å². The highest BCUT2D eigenvalue weighted by atomic mass is 15.3. The molecular weight excluding hydrogens is 352 g/mol. The van der Waals surface area contributed by atoms with Crippen LogP contribution in [0.2, 0.25) is 0 Å². The average molecular weight is 374 g/mol. The summed E-state index contributed by atoms with van der Waals surface area (Å²) in [5.41, 5.74) is 4.32. The summed E-state index contributed by atoms with van der Waals surface area (Å²) in [4.78, 5) is 9.30. The number of piperidine rings is 1. The third-order valence-corrected chi connectivity index (χ3v) is 5.02. The fourth-order valence-corrected chi connectivity index (χ4v) is 3.60. The van der Waals surface area contributed by atoms with E-state index in [-0.39, 0.29) is 0 Å². The van der Waals surface area contributed by atoms with Gasteiger partial charge in [-0.15, -0.1) is 0 Å². The first-order valence-corrected chi connectivity index (χ1v) is 9.55. The third kappa shape index (κ3) is 3.22. The molecule has 0 amide bonds. The predicted molar refractivity (Wildman–Crippen MR) is 108 cm³/mol. The first-order valence-electron chi connectivity index (χ1n) is 9.55. The van der Waals surface area contributed by atoms with Crippen molar-refractivity contribution in [3.05, 3.63) is 48.9 Å². The van der Waals surface area contributed by atoms with E-state index in [4.69, 9.17) is 10.1 Å². The molecule has 4 aromatic heterocycles. The molecule has 1 atom stereocenters. The number of hydrogen-bond acceptors (Lipinski definition) is 6. The average Bonchev–Trinajstić information content (AvgIpc) is 3.35. The van der Waals surface area contributed by atoms with Crippen LogP contribution in [0.5, 0.6) is 0 Å². The van der Waals surface area contributed by atoms with Crippen LogP contribution in [0.1, 0.15) is 12.8 Å². The van der Waals surface area contributed by atoms with Crippen LogP contribution in [-0.2, 0) is 7.05 Å². The highest BCUT2D eigenvalue weighted by Gasteiger charge is 2.15. The Morgan fingerprint density at radius 3 is 2.93 bits per heavy atom. The van der Waals surface area contributed by atoms with E-state index in [2.05, 4.69) is 20.7 Å². The molecule has 5 heterocycles. The second-order valence-corrected chi connectivity index (χ2v) is 7.13. The first-order chi connectivity index (χ1) is 13.8. The summed E-state index contributed by atoms with van der Waals surface area (Å²) in [5.74, 6) is 0.879. The smallest absolute Gasteiger partial charge is 0.154 e. The standard InChI is InChI=1S/C20H22N8/c1-27-13-14(10-23-27)16-7-8-20-22-12-18(28(20)26-16)17-5-2-6-19(25-17)24-15-4-3-9-21-11-15/h2,5-8,10,12-13,15,21H,3-4,9,11H2,1H3,(H,24,25). The molecule has 1 aliphatic heterocycles. The second-order valence-electron chi connectivity index (χ2n) is 7.13. The fourth-order valence-electron chi connectivity index (χ4n) is 3.60. The topological polar surface area (TPSA) is 85.0 Å². The molecule has 4 aromatic rings. The van der Waals surface area contributed by atoms with Crippen molar-refractivity contribution >= 4 is 11.5 Å². The van der Waals surface area contributed by atoms with Crippen molar-refractivity contribution in [1.29, 1.82) is 0 Å². The Kier molecular flexibility index (Phi) is 4.25. The molecule has 1 unspecified atom stereocenters. The van der Waals surface area contributed by atoms with Gasteiger partial charge in [-0.2, -0.15) is 10.2 Å². The summed E-state index contributed by atoms with van der Waals surface area (Å²) < 4.78 is 3.61. The summed E-state index contributed by atoms with van der Waals surface area (Å²) in [7, 11) is 1.90. The van der Waals surface area contributed by atoms with Gasteiger partial charge < -0.3 is 10.6 Å². The Morgan fingerprint density at radius 1 is 1.14 bits per heavy atom. The number of imidazole rings is 1. The maximum absolute atomic E-state index is 4.81. The van der Waals surface area contributed by atoms with Gasteiger partial charge in [0.1, 0.15) is 11.5 Å². The fraction of sp³-hybridized carbons (Fsp3) is 0.300. The maximum atomic E-state index is 4.81. The SMILES string of the molecule is Cn1cc(-c2ccc3ncc(-c4cccc(NC5CCCNC5)n4)n3n2)cn1. The molecule has 142 valence electrons. The van der Waals surface area contributed by atoms with Crippen molar-refractivity contribution in [1.82, 2.24) is 34.7 Å². The third-order valence-electron chi connectivity index (χ3n) is 5.02. The quantitative estimate of drug-likeness (QED) is 0.570. The molecule has 1 aliphatic rings. The Morgan fingerprint density at radius 2 is 2.11 bits per heavy atom. The van der Waals surface area contributed by atoms with E-state index in [0.29, 0.717) is 6.04 Å². The molecule has 28 heavy (non-hydrogen) atoms. The van der Waals surface area contributed by atoms with Crippen molar-refractivity contribution in [2.75, 3.05) is 18.4 Å². The molecule has 8 heteroatoms. The zero-order valence-electron chi connectivity index (χ0n) is 15.7. The van der Waals surface area contributed by atoms with Crippen molar-refractivity contribution in [2.24, 2.45) is 7.05 Å². The number of hydrogen-bond donors (Lipinski definition) is 2. The minimum absolute atomic E-state index is 0.411. The van der Waals surface area contributed by atoms with Gasteiger partial charge in [-0.25, -0.2) is 14.5 Å². The van der Waals surface area contributed by atoms with E-state index < -0.39 is 0 Å². The van der Waals surface area contributed by atoms with Crippen LogP contribution in [0, 0.1) is 0 Å². The van der Waals surface area contributed by atoms with Gasteiger partial charge in [-0.05, 0) is 43.7 Å².